The van der Waals surface area contributed by atoms with Crippen molar-refractivity contribution in [1.82, 2.24) is 19.3 Å². The lowest BCUT2D eigenvalue weighted by molar-refractivity contribution is -0.274. The van der Waals surface area contributed by atoms with Gasteiger partial charge in [0.1, 0.15) is 17.9 Å². The minimum absolute atomic E-state index is 0.105. The van der Waals surface area contributed by atoms with Crippen molar-refractivity contribution in [2.45, 2.75) is 65.7 Å². The van der Waals surface area contributed by atoms with Gasteiger partial charge in [-0.05, 0) is 91.6 Å². The average molecular weight is 666 g/mol. The molecule has 0 saturated carbocycles. The van der Waals surface area contributed by atoms with E-state index in [1.807, 2.05) is 55.0 Å². The van der Waals surface area contributed by atoms with Crippen LogP contribution in [0.5, 0.6) is 5.75 Å². The zero-order valence-electron chi connectivity index (χ0n) is 26.5. The molecule has 0 saturated heterocycles. The highest BCUT2D eigenvalue weighted by atomic mass is 32.1. The smallest absolute Gasteiger partial charge is 0.406 e. The van der Waals surface area contributed by atoms with Gasteiger partial charge in [-0.2, -0.15) is 4.99 Å². The lowest BCUT2D eigenvalue weighted by atomic mass is 9.95. The van der Waals surface area contributed by atoms with Gasteiger partial charge in [0.2, 0.25) is 5.91 Å². The molecule has 246 valence electrons. The summed E-state index contributed by atoms with van der Waals surface area (Å²) in [4.78, 5) is 22.2. The summed E-state index contributed by atoms with van der Waals surface area (Å²) in [6, 6.07) is 18.0. The number of hydrogen-bond acceptors (Lipinski definition) is 5. The molecule has 1 amide bonds. The summed E-state index contributed by atoms with van der Waals surface area (Å²) < 4.78 is 58.6. The molecule has 0 aliphatic carbocycles. The van der Waals surface area contributed by atoms with Crippen LogP contribution in [0.2, 0.25) is 0 Å². The van der Waals surface area contributed by atoms with Gasteiger partial charge in [0.15, 0.2) is 10.6 Å². The molecule has 0 N–H and O–H groups in total. The molecule has 1 atom stereocenters. The number of aromatic nitrogens is 4. The molecule has 0 bridgehead atoms. The molecule has 1 unspecified atom stereocenters. The molecule has 47 heavy (non-hydrogen) atoms. The van der Waals surface area contributed by atoms with Crippen LogP contribution in [-0.2, 0) is 11.2 Å². The van der Waals surface area contributed by atoms with Gasteiger partial charge in [0.25, 0.3) is 0 Å². The van der Waals surface area contributed by atoms with Gasteiger partial charge < -0.3 is 4.74 Å². The number of nitrogens with zero attached hydrogens (tertiary/aromatic N) is 5. The van der Waals surface area contributed by atoms with Crippen molar-refractivity contribution in [2.24, 2.45) is 10.9 Å². The first-order valence-corrected chi connectivity index (χ1v) is 16.2. The van der Waals surface area contributed by atoms with Crippen molar-refractivity contribution in [2.75, 3.05) is 0 Å². The maximum absolute atomic E-state index is 14.0. The van der Waals surface area contributed by atoms with Crippen LogP contribution in [0.3, 0.4) is 0 Å². The van der Waals surface area contributed by atoms with E-state index in [4.69, 9.17) is 0 Å². The highest BCUT2D eigenvalue weighted by Gasteiger charge is 2.31. The number of ether oxygens (including phenoxy) is 1. The Morgan fingerprint density at radius 1 is 1.02 bits per heavy atom. The molecule has 12 heteroatoms. The third kappa shape index (κ3) is 8.82. The molecule has 2 aromatic heterocycles. The minimum Gasteiger partial charge on any atom is -0.406 e. The van der Waals surface area contributed by atoms with Gasteiger partial charge >= 0.3 is 6.36 Å². The highest BCUT2D eigenvalue weighted by molar-refractivity contribution is 7.07. The van der Waals surface area contributed by atoms with E-state index in [0.717, 1.165) is 40.9 Å². The fourth-order valence-corrected chi connectivity index (χ4v) is 6.22. The van der Waals surface area contributed by atoms with Crippen LogP contribution < -0.4 is 9.54 Å². The molecule has 0 spiro atoms. The summed E-state index contributed by atoms with van der Waals surface area (Å²) in [6.45, 7) is 8.13. The lowest BCUT2D eigenvalue weighted by Crippen LogP contribution is -2.18. The highest BCUT2D eigenvalue weighted by Crippen LogP contribution is 2.26. The number of carbonyl (C=O) groups is 1. The standard InChI is InChI=1S/C35H35F4N5O2S/c1-22(2)30-19-27(36)12-17-31(30)44-24(4)20-47-34(44)41-32(45)7-5-6-23(3)18-25-8-10-26(11-9-25)33-40-21-43(42-33)28-13-15-29(16-14-28)46-35(37,38)39/h8-17,19-23H,5-7,18H2,1-4H3. The zero-order valence-corrected chi connectivity index (χ0v) is 27.3. The average Bonchev–Trinajstić information content (AvgIpc) is 3.64. The summed E-state index contributed by atoms with van der Waals surface area (Å²) in [5, 5.41) is 6.41. The first-order chi connectivity index (χ1) is 22.4. The van der Waals surface area contributed by atoms with Gasteiger partial charge in [0.05, 0.1) is 11.4 Å². The molecular formula is C35H35F4N5O2S. The summed E-state index contributed by atoms with van der Waals surface area (Å²) in [6.07, 6.45) is -0.491. The number of hydrogen-bond donors (Lipinski definition) is 0. The second-order valence-corrected chi connectivity index (χ2v) is 12.6. The Kier molecular flexibility index (Phi) is 10.4. The van der Waals surface area contributed by atoms with Crippen LogP contribution in [0.15, 0.2) is 83.4 Å². The first-order valence-electron chi connectivity index (χ1n) is 15.3. The Labute approximate surface area is 274 Å². The van der Waals surface area contributed by atoms with E-state index in [0.29, 0.717) is 35.1 Å². The molecular weight excluding hydrogens is 630 g/mol. The molecule has 7 nitrogen and oxygen atoms in total. The number of aryl methyl sites for hydroxylation is 1. The number of amides is 1. The predicted octanol–water partition coefficient (Wildman–Crippen LogP) is 8.73. The Bertz CT molecular complexity index is 1890. The van der Waals surface area contributed by atoms with Gasteiger partial charge in [-0.15, -0.1) is 29.6 Å². The van der Waals surface area contributed by atoms with Crippen molar-refractivity contribution in [3.8, 4) is 28.5 Å². The van der Waals surface area contributed by atoms with Crippen LogP contribution >= 0.6 is 11.3 Å². The van der Waals surface area contributed by atoms with Gasteiger partial charge in [-0.1, -0.05) is 45.0 Å². The second kappa shape index (κ2) is 14.5. The molecule has 5 aromatic rings. The van der Waals surface area contributed by atoms with Gasteiger partial charge in [-0.3, -0.25) is 9.36 Å². The van der Waals surface area contributed by atoms with Crippen molar-refractivity contribution < 1.29 is 27.1 Å². The first kappa shape index (κ1) is 33.8. The minimum atomic E-state index is -4.75. The van der Waals surface area contributed by atoms with Gasteiger partial charge in [-0.25, -0.2) is 14.1 Å². The summed E-state index contributed by atoms with van der Waals surface area (Å²) in [7, 11) is 0. The Hall–Kier alpha value is -4.58. The zero-order chi connectivity index (χ0) is 33.7. The number of halogens is 4. The number of benzene rings is 3. The Morgan fingerprint density at radius 2 is 1.74 bits per heavy atom. The Balaban J connectivity index is 1.14. The van der Waals surface area contributed by atoms with Crippen LogP contribution in [0, 0.1) is 18.7 Å². The molecule has 0 fully saturated rings. The largest absolute Gasteiger partial charge is 0.573 e. The summed E-state index contributed by atoms with van der Waals surface area (Å²) in [5.41, 5.74) is 5.14. The number of alkyl halides is 3. The topological polar surface area (TPSA) is 74.3 Å². The quantitative estimate of drug-likeness (QED) is 0.132. The fourth-order valence-electron chi connectivity index (χ4n) is 5.33. The number of rotatable bonds is 11. The fraction of sp³-hybridized carbons (Fsp3) is 0.314. The second-order valence-electron chi connectivity index (χ2n) is 11.8. The van der Waals surface area contributed by atoms with Crippen molar-refractivity contribution in [3.05, 3.63) is 106 Å². The van der Waals surface area contributed by atoms with Crippen LogP contribution in [0.25, 0.3) is 22.8 Å². The van der Waals surface area contributed by atoms with Gasteiger partial charge in [0, 0.05) is 23.1 Å². The Morgan fingerprint density at radius 3 is 2.43 bits per heavy atom. The van der Waals surface area contributed by atoms with Crippen LogP contribution in [-0.4, -0.2) is 31.6 Å². The summed E-state index contributed by atoms with van der Waals surface area (Å²) in [5.74, 6) is 0.166. The molecule has 5 rings (SSSR count). The molecule has 2 heterocycles. The molecule has 0 radical (unpaired) electrons. The predicted molar refractivity (Wildman–Crippen MR) is 173 cm³/mol. The molecule has 0 aliphatic rings. The van der Waals surface area contributed by atoms with E-state index in [1.54, 1.807) is 12.1 Å². The van der Waals surface area contributed by atoms with E-state index < -0.39 is 6.36 Å². The molecule has 3 aromatic carbocycles. The van der Waals surface area contributed by atoms with Crippen molar-refractivity contribution >= 4 is 17.2 Å². The molecule has 0 aliphatic heterocycles. The van der Waals surface area contributed by atoms with Crippen LogP contribution in [0.4, 0.5) is 17.6 Å². The maximum atomic E-state index is 14.0. The number of carbonyl (C=O) groups excluding carboxylic acids is 1. The SMILES string of the molecule is Cc1csc(=NC(=O)CCCC(C)Cc2ccc(-c3ncn(-c4ccc(OC(F)(F)F)cc4)n3)cc2)n1-c1ccc(F)cc1C(C)C. The monoisotopic (exact) mass is 665 g/mol. The normalized spacial score (nSPS) is 12.9. The lowest BCUT2D eigenvalue weighted by Gasteiger charge is -2.15. The number of thiazole rings is 1. The van der Waals surface area contributed by atoms with E-state index in [9.17, 15) is 22.4 Å². The van der Waals surface area contributed by atoms with E-state index in [1.165, 1.54) is 52.7 Å². The third-order valence-electron chi connectivity index (χ3n) is 7.66. The van der Waals surface area contributed by atoms with E-state index >= 15 is 0 Å². The van der Waals surface area contributed by atoms with Crippen LogP contribution in [0.1, 0.15) is 62.8 Å². The maximum Gasteiger partial charge on any atom is 0.573 e. The van der Waals surface area contributed by atoms with Crippen molar-refractivity contribution in [3.63, 3.8) is 0 Å². The third-order valence-corrected chi connectivity index (χ3v) is 8.61. The van der Waals surface area contributed by atoms with E-state index in [2.05, 4.69) is 26.7 Å². The summed E-state index contributed by atoms with van der Waals surface area (Å²) >= 11 is 1.40. The van der Waals surface area contributed by atoms with E-state index in [-0.39, 0.29) is 23.4 Å². The van der Waals surface area contributed by atoms with Crippen molar-refractivity contribution in [1.29, 1.82) is 0 Å².